The van der Waals surface area contributed by atoms with Crippen molar-refractivity contribution >= 4 is 16.7 Å². The van der Waals surface area contributed by atoms with Crippen LogP contribution in [0.5, 0.6) is 0 Å². The number of rotatable bonds is 1. The molecule has 0 aliphatic heterocycles. The molecule has 0 radical (unpaired) electrons. The molecule has 0 aliphatic rings. The lowest BCUT2D eigenvalue weighted by atomic mass is 10.3. The number of nitrogen functional groups attached to an aromatic ring is 1. The highest BCUT2D eigenvalue weighted by molar-refractivity contribution is 5.80. The number of benzene rings is 1. The summed E-state index contributed by atoms with van der Waals surface area (Å²) < 4.78 is 1.92. The smallest absolute Gasteiger partial charge is 0.138 e. The van der Waals surface area contributed by atoms with Gasteiger partial charge in [0.05, 0.1) is 11.0 Å². The summed E-state index contributed by atoms with van der Waals surface area (Å²) in [4.78, 5) is 8.59. The van der Waals surface area contributed by atoms with Gasteiger partial charge in [-0.25, -0.2) is 9.97 Å². The van der Waals surface area contributed by atoms with E-state index in [1.54, 1.807) is 12.5 Å². The summed E-state index contributed by atoms with van der Waals surface area (Å²) in [6.45, 7) is 0. The van der Waals surface area contributed by atoms with Gasteiger partial charge in [-0.05, 0) is 30.3 Å². The molecule has 16 heavy (non-hydrogen) atoms. The third-order valence-electron chi connectivity index (χ3n) is 2.47. The highest BCUT2D eigenvalue weighted by Gasteiger charge is 2.04. The Bertz CT molecular complexity index is 628. The average molecular weight is 210 g/mol. The first-order valence-corrected chi connectivity index (χ1v) is 4.98. The Labute approximate surface area is 92.4 Å². The molecule has 1 aromatic carbocycles. The summed E-state index contributed by atoms with van der Waals surface area (Å²) in [7, 11) is 0. The Morgan fingerprint density at radius 2 is 2.00 bits per heavy atom. The Balaban J connectivity index is 2.29. The molecule has 0 spiro atoms. The quantitative estimate of drug-likeness (QED) is 0.625. The normalized spacial score (nSPS) is 10.8. The minimum Gasteiger partial charge on any atom is -0.399 e. The van der Waals surface area contributed by atoms with E-state index < -0.39 is 0 Å². The van der Waals surface area contributed by atoms with Crippen LogP contribution >= 0.6 is 0 Å². The summed E-state index contributed by atoms with van der Waals surface area (Å²) in [5.74, 6) is 0.843. The molecular weight excluding hydrogens is 200 g/mol. The van der Waals surface area contributed by atoms with Crippen LogP contribution in [0.4, 0.5) is 5.69 Å². The molecule has 0 aliphatic carbocycles. The average Bonchev–Trinajstić information content (AvgIpc) is 2.73. The van der Waals surface area contributed by atoms with Gasteiger partial charge in [0.1, 0.15) is 12.1 Å². The van der Waals surface area contributed by atoms with Gasteiger partial charge >= 0.3 is 0 Å². The molecule has 3 aromatic rings. The molecule has 4 heteroatoms. The van der Waals surface area contributed by atoms with Gasteiger partial charge in [0.25, 0.3) is 0 Å². The third-order valence-corrected chi connectivity index (χ3v) is 2.47. The zero-order chi connectivity index (χ0) is 11.0. The molecular formula is C12H10N4. The predicted molar refractivity (Wildman–Crippen MR) is 63.3 cm³/mol. The number of pyridine rings is 1. The second-order valence-corrected chi connectivity index (χ2v) is 3.55. The van der Waals surface area contributed by atoms with Crippen molar-refractivity contribution in [1.29, 1.82) is 0 Å². The van der Waals surface area contributed by atoms with Crippen LogP contribution in [0.15, 0.2) is 48.9 Å². The molecule has 78 valence electrons. The molecule has 0 saturated heterocycles. The van der Waals surface area contributed by atoms with Crippen molar-refractivity contribution < 1.29 is 0 Å². The second kappa shape index (κ2) is 3.34. The van der Waals surface area contributed by atoms with Crippen LogP contribution in [0.1, 0.15) is 0 Å². The number of anilines is 1. The zero-order valence-electron chi connectivity index (χ0n) is 8.54. The van der Waals surface area contributed by atoms with Gasteiger partial charge in [-0.1, -0.05) is 6.07 Å². The summed E-state index contributed by atoms with van der Waals surface area (Å²) in [6.07, 6.45) is 3.51. The number of nitrogens with zero attached hydrogens (tertiary/aromatic N) is 3. The second-order valence-electron chi connectivity index (χ2n) is 3.55. The lowest BCUT2D eigenvalue weighted by molar-refractivity contribution is 1.02. The van der Waals surface area contributed by atoms with Crippen LogP contribution in [-0.2, 0) is 0 Å². The topological polar surface area (TPSA) is 56.7 Å². The molecule has 0 bridgehead atoms. The van der Waals surface area contributed by atoms with E-state index in [9.17, 15) is 0 Å². The van der Waals surface area contributed by atoms with E-state index in [4.69, 9.17) is 5.73 Å². The van der Waals surface area contributed by atoms with E-state index in [0.29, 0.717) is 0 Å². The van der Waals surface area contributed by atoms with E-state index in [-0.39, 0.29) is 0 Å². The zero-order valence-corrected chi connectivity index (χ0v) is 8.54. The van der Waals surface area contributed by atoms with E-state index in [2.05, 4.69) is 9.97 Å². The molecule has 2 heterocycles. The van der Waals surface area contributed by atoms with Crippen molar-refractivity contribution in [3.05, 3.63) is 48.9 Å². The van der Waals surface area contributed by atoms with Crippen molar-refractivity contribution in [2.24, 2.45) is 0 Å². The van der Waals surface area contributed by atoms with Gasteiger partial charge in [-0.15, -0.1) is 0 Å². The maximum Gasteiger partial charge on any atom is 0.138 e. The number of nitrogens with two attached hydrogens (primary N) is 1. The number of fused-ring (bicyclic) bond motifs is 1. The van der Waals surface area contributed by atoms with Crippen LogP contribution in [0.3, 0.4) is 0 Å². The summed E-state index contributed by atoms with van der Waals surface area (Å²) >= 11 is 0. The van der Waals surface area contributed by atoms with Crippen molar-refractivity contribution in [2.75, 3.05) is 5.73 Å². The number of imidazole rings is 1. The minimum atomic E-state index is 0.727. The number of hydrogen-bond donors (Lipinski definition) is 1. The van der Waals surface area contributed by atoms with Crippen molar-refractivity contribution in [3.63, 3.8) is 0 Å². The van der Waals surface area contributed by atoms with Crippen LogP contribution in [-0.4, -0.2) is 14.5 Å². The van der Waals surface area contributed by atoms with Crippen molar-refractivity contribution in [3.8, 4) is 5.82 Å². The first-order chi connectivity index (χ1) is 7.84. The Morgan fingerprint density at radius 3 is 2.81 bits per heavy atom. The molecule has 0 unspecified atom stereocenters. The van der Waals surface area contributed by atoms with Gasteiger partial charge in [-0.3, -0.25) is 4.57 Å². The monoisotopic (exact) mass is 210 g/mol. The number of hydrogen-bond acceptors (Lipinski definition) is 3. The molecule has 2 aromatic heterocycles. The van der Waals surface area contributed by atoms with E-state index in [1.165, 1.54) is 0 Å². The lowest BCUT2D eigenvalue weighted by Crippen LogP contribution is -1.95. The minimum absolute atomic E-state index is 0.727. The largest absolute Gasteiger partial charge is 0.399 e. The molecule has 2 N–H and O–H groups in total. The highest BCUT2D eigenvalue weighted by Crippen LogP contribution is 2.18. The van der Waals surface area contributed by atoms with E-state index in [1.807, 2.05) is 41.0 Å². The van der Waals surface area contributed by atoms with Crippen LogP contribution in [0, 0.1) is 0 Å². The molecule has 4 nitrogen and oxygen atoms in total. The predicted octanol–water partition coefficient (Wildman–Crippen LogP) is 2.00. The Morgan fingerprint density at radius 1 is 1.06 bits per heavy atom. The first kappa shape index (κ1) is 8.91. The van der Waals surface area contributed by atoms with Crippen molar-refractivity contribution in [2.45, 2.75) is 0 Å². The molecule has 3 rings (SSSR count). The van der Waals surface area contributed by atoms with E-state index in [0.717, 1.165) is 22.5 Å². The summed E-state index contributed by atoms with van der Waals surface area (Å²) in [6, 6.07) is 11.4. The fourth-order valence-corrected chi connectivity index (χ4v) is 1.70. The van der Waals surface area contributed by atoms with Crippen molar-refractivity contribution in [1.82, 2.24) is 14.5 Å². The van der Waals surface area contributed by atoms with Crippen LogP contribution < -0.4 is 5.73 Å². The fraction of sp³-hybridized carbons (Fsp3) is 0. The maximum absolute atomic E-state index is 5.77. The number of aromatic nitrogens is 3. The van der Waals surface area contributed by atoms with E-state index >= 15 is 0 Å². The molecule has 0 amide bonds. The van der Waals surface area contributed by atoms with Gasteiger partial charge < -0.3 is 5.73 Å². The molecule has 0 fully saturated rings. The highest BCUT2D eigenvalue weighted by atomic mass is 15.1. The van der Waals surface area contributed by atoms with Crippen LogP contribution in [0.25, 0.3) is 16.9 Å². The summed E-state index contributed by atoms with van der Waals surface area (Å²) in [5.41, 5.74) is 8.38. The Hall–Kier alpha value is -2.36. The maximum atomic E-state index is 5.77. The molecule has 0 atom stereocenters. The van der Waals surface area contributed by atoms with Gasteiger partial charge in [0.2, 0.25) is 0 Å². The molecule has 0 saturated carbocycles. The first-order valence-electron chi connectivity index (χ1n) is 4.98. The SMILES string of the molecule is Nc1ccc2ncn(-c3ccccn3)c2c1. The fourth-order valence-electron chi connectivity index (χ4n) is 1.70. The lowest BCUT2D eigenvalue weighted by Gasteiger charge is -2.02. The standard InChI is InChI=1S/C12H10N4/c13-9-4-5-10-11(7-9)16(8-15-10)12-3-1-2-6-14-12/h1-8H,13H2. The van der Waals surface area contributed by atoms with Crippen LogP contribution in [0.2, 0.25) is 0 Å². The Kier molecular flexibility index (Phi) is 1.86. The third kappa shape index (κ3) is 1.32. The van der Waals surface area contributed by atoms with Gasteiger partial charge in [0.15, 0.2) is 0 Å². The van der Waals surface area contributed by atoms with Gasteiger partial charge in [0, 0.05) is 11.9 Å². The summed E-state index contributed by atoms with van der Waals surface area (Å²) in [5, 5.41) is 0. The van der Waals surface area contributed by atoms with Gasteiger partial charge in [-0.2, -0.15) is 0 Å².